The van der Waals surface area contributed by atoms with E-state index in [0.29, 0.717) is 16.3 Å². The number of nitrogens with one attached hydrogen (secondary N) is 2. The first-order valence-electron chi connectivity index (χ1n) is 9.02. The molecule has 2 aromatic carbocycles. The summed E-state index contributed by atoms with van der Waals surface area (Å²) in [4.78, 5) is 24.4. The van der Waals surface area contributed by atoms with Gasteiger partial charge in [-0.1, -0.05) is 23.7 Å². The van der Waals surface area contributed by atoms with E-state index >= 15 is 0 Å². The molecule has 27 heavy (non-hydrogen) atoms. The van der Waals surface area contributed by atoms with Gasteiger partial charge in [-0.3, -0.25) is 9.59 Å². The number of benzene rings is 2. The van der Waals surface area contributed by atoms with Gasteiger partial charge in [0.25, 0.3) is 5.91 Å². The molecule has 2 amide bonds. The van der Waals surface area contributed by atoms with Gasteiger partial charge in [0, 0.05) is 22.0 Å². The van der Waals surface area contributed by atoms with Crippen LogP contribution < -0.4 is 10.7 Å². The average molecular weight is 384 g/mol. The van der Waals surface area contributed by atoms with Crippen molar-refractivity contribution in [3.63, 3.8) is 0 Å². The second-order valence-corrected chi connectivity index (χ2v) is 7.11. The third-order valence-electron chi connectivity index (χ3n) is 4.54. The number of carbonyl (C=O) groups is 2. The Kier molecular flexibility index (Phi) is 6.24. The van der Waals surface area contributed by atoms with Crippen LogP contribution in [0.5, 0.6) is 0 Å². The van der Waals surface area contributed by atoms with E-state index in [0.717, 1.165) is 24.9 Å². The predicted octanol–water partition coefficient (Wildman–Crippen LogP) is 4.35. The van der Waals surface area contributed by atoms with Gasteiger partial charge < -0.3 is 5.32 Å². The lowest BCUT2D eigenvalue weighted by atomic mass is 9.90. The summed E-state index contributed by atoms with van der Waals surface area (Å²) < 4.78 is 0. The highest BCUT2D eigenvalue weighted by molar-refractivity contribution is 6.30. The summed E-state index contributed by atoms with van der Waals surface area (Å²) in [6.07, 6.45) is 4.53. The molecule has 0 saturated heterocycles. The Morgan fingerprint density at radius 1 is 1.07 bits per heavy atom. The molecule has 5 nitrogen and oxygen atoms in total. The lowest BCUT2D eigenvalue weighted by molar-refractivity contribution is -0.115. The summed E-state index contributed by atoms with van der Waals surface area (Å²) >= 11 is 5.81. The summed E-state index contributed by atoms with van der Waals surface area (Å²) in [6, 6.07) is 12.6. The van der Waals surface area contributed by atoms with Crippen molar-refractivity contribution >= 4 is 34.8 Å². The van der Waals surface area contributed by atoms with E-state index < -0.39 is 0 Å². The Morgan fingerprint density at radius 2 is 1.81 bits per heavy atom. The molecular formula is C21H22ClN3O2. The molecule has 0 spiro atoms. The second-order valence-electron chi connectivity index (χ2n) is 6.67. The standard InChI is InChI=1S/C21H22ClN3O2/c1-14(24-25-21(27)16-9-11-17(22)12-10-16)13-20(26)23-19-8-4-6-15-5-2-3-7-18(15)19/h4,6,8-12H,2-3,5,7,13H2,1H3,(H,23,26)(H,25,27)/b24-14-. The molecule has 1 aliphatic rings. The van der Waals surface area contributed by atoms with Crippen LogP contribution in [0.2, 0.25) is 5.02 Å². The van der Waals surface area contributed by atoms with Crippen molar-refractivity contribution in [2.75, 3.05) is 5.32 Å². The maximum atomic E-state index is 12.3. The maximum Gasteiger partial charge on any atom is 0.271 e. The average Bonchev–Trinajstić information content (AvgIpc) is 2.67. The zero-order chi connectivity index (χ0) is 19.2. The number of rotatable bonds is 5. The first kappa shape index (κ1) is 19.1. The van der Waals surface area contributed by atoms with Crippen molar-refractivity contribution in [1.82, 2.24) is 5.43 Å². The second kappa shape index (κ2) is 8.82. The minimum Gasteiger partial charge on any atom is -0.325 e. The van der Waals surface area contributed by atoms with Gasteiger partial charge in [-0.05, 0) is 74.1 Å². The number of hydrogen-bond donors (Lipinski definition) is 2. The fraction of sp³-hybridized carbons (Fsp3) is 0.286. The Hall–Kier alpha value is -2.66. The Bertz CT molecular complexity index is 875. The third kappa shape index (κ3) is 5.17. The summed E-state index contributed by atoms with van der Waals surface area (Å²) in [5.74, 6) is -0.487. The van der Waals surface area contributed by atoms with Crippen LogP contribution in [-0.4, -0.2) is 17.5 Å². The van der Waals surface area contributed by atoms with Crippen molar-refractivity contribution < 1.29 is 9.59 Å². The van der Waals surface area contributed by atoms with Gasteiger partial charge in [0.05, 0.1) is 6.42 Å². The van der Waals surface area contributed by atoms with E-state index in [1.807, 2.05) is 12.1 Å². The van der Waals surface area contributed by atoms with E-state index in [1.165, 1.54) is 17.5 Å². The topological polar surface area (TPSA) is 70.6 Å². The SMILES string of the molecule is C/C(CC(=O)Nc1cccc2c1CCCC2)=N/NC(=O)c1ccc(Cl)cc1. The highest BCUT2D eigenvalue weighted by Crippen LogP contribution is 2.27. The van der Waals surface area contributed by atoms with Crippen LogP contribution in [0.4, 0.5) is 5.69 Å². The number of aryl methyl sites for hydroxylation is 1. The van der Waals surface area contributed by atoms with Gasteiger partial charge >= 0.3 is 0 Å². The number of fused-ring (bicyclic) bond motifs is 1. The largest absolute Gasteiger partial charge is 0.325 e. The van der Waals surface area contributed by atoms with Crippen LogP contribution in [0.1, 0.15) is 47.7 Å². The maximum absolute atomic E-state index is 12.3. The smallest absolute Gasteiger partial charge is 0.271 e. The molecule has 6 heteroatoms. The molecule has 0 unspecified atom stereocenters. The zero-order valence-electron chi connectivity index (χ0n) is 15.2. The molecule has 0 aliphatic heterocycles. The van der Waals surface area contributed by atoms with E-state index in [4.69, 9.17) is 11.6 Å². The predicted molar refractivity (Wildman–Crippen MR) is 108 cm³/mol. The number of hydrazone groups is 1. The van der Waals surface area contributed by atoms with Crippen LogP contribution in [0.3, 0.4) is 0 Å². The molecule has 0 aromatic heterocycles. The summed E-state index contributed by atoms with van der Waals surface area (Å²) in [5, 5.41) is 7.56. The van der Waals surface area contributed by atoms with Gasteiger partial charge in [-0.2, -0.15) is 5.10 Å². The Balaban J connectivity index is 1.57. The van der Waals surface area contributed by atoms with E-state index in [9.17, 15) is 9.59 Å². The van der Waals surface area contributed by atoms with Gasteiger partial charge in [0.2, 0.25) is 5.91 Å². The molecule has 0 heterocycles. The molecule has 3 rings (SSSR count). The first-order chi connectivity index (χ1) is 13.0. The van der Waals surface area contributed by atoms with E-state index in [2.05, 4.69) is 21.9 Å². The Labute approximate surface area is 163 Å². The number of anilines is 1. The third-order valence-corrected chi connectivity index (χ3v) is 4.79. The van der Waals surface area contributed by atoms with Gasteiger partial charge in [-0.25, -0.2) is 5.43 Å². The quantitative estimate of drug-likeness (QED) is 0.595. The molecule has 0 fully saturated rings. The summed E-state index contributed by atoms with van der Waals surface area (Å²) in [6.45, 7) is 1.71. The molecule has 0 bridgehead atoms. The van der Waals surface area contributed by atoms with Crippen molar-refractivity contribution in [3.05, 3.63) is 64.2 Å². The van der Waals surface area contributed by atoms with Crippen molar-refractivity contribution in [1.29, 1.82) is 0 Å². The van der Waals surface area contributed by atoms with Crippen LogP contribution in [0.25, 0.3) is 0 Å². The summed E-state index contributed by atoms with van der Waals surface area (Å²) in [5.41, 5.74) is 6.89. The normalized spacial score (nSPS) is 13.6. The highest BCUT2D eigenvalue weighted by atomic mass is 35.5. The van der Waals surface area contributed by atoms with Crippen LogP contribution >= 0.6 is 11.6 Å². The minimum atomic E-state index is -0.344. The Morgan fingerprint density at radius 3 is 2.59 bits per heavy atom. The van der Waals surface area contributed by atoms with Crippen LogP contribution in [-0.2, 0) is 17.6 Å². The number of halogens is 1. The lowest BCUT2D eigenvalue weighted by Crippen LogP contribution is -2.22. The van der Waals surface area contributed by atoms with E-state index in [1.54, 1.807) is 31.2 Å². The number of nitrogens with zero attached hydrogens (tertiary/aromatic N) is 1. The van der Waals surface area contributed by atoms with Crippen molar-refractivity contribution in [3.8, 4) is 0 Å². The first-order valence-corrected chi connectivity index (χ1v) is 9.40. The number of carbonyl (C=O) groups excluding carboxylic acids is 2. The molecule has 0 atom stereocenters. The fourth-order valence-corrected chi connectivity index (χ4v) is 3.30. The van der Waals surface area contributed by atoms with Gasteiger partial charge in [0.15, 0.2) is 0 Å². The lowest BCUT2D eigenvalue weighted by Gasteiger charge is -2.19. The molecule has 140 valence electrons. The molecule has 0 radical (unpaired) electrons. The molecule has 2 N–H and O–H groups in total. The molecule has 0 saturated carbocycles. The fourth-order valence-electron chi connectivity index (χ4n) is 3.18. The number of hydrogen-bond acceptors (Lipinski definition) is 3. The molecule has 2 aromatic rings. The van der Waals surface area contributed by atoms with Crippen molar-refractivity contribution in [2.24, 2.45) is 5.10 Å². The zero-order valence-corrected chi connectivity index (χ0v) is 16.0. The van der Waals surface area contributed by atoms with Gasteiger partial charge in [-0.15, -0.1) is 0 Å². The molecular weight excluding hydrogens is 362 g/mol. The van der Waals surface area contributed by atoms with Crippen LogP contribution in [0, 0.1) is 0 Å². The summed E-state index contributed by atoms with van der Waals surface area (Å²) in [7, 11) is 0. The van der Waals surface area contributed by atoms with Crippen molar-refractivity contribution in [2.45, 2.75) is 39.0 Å². The molecule has 1 aliphatic carbocycles. The number of amides is 2. The minimum absolute atomic E-state index is 0.116. The van der Waals surface area contributed by atoms with Gasteiger partial charge in [0.1, 0.15) is 0 Å². The highest BCUT2D eigenvalue weighted by Gasteiger charge is 2.15. The monoisotopic (exact) mass is 383 g/mol. The van der Waals surface area contributed by atoms with E-state index in [-0.39, 0.29) is 18.2 Å². The van der Waals surface area contributed by atoms with Crippen LogP contribution in [0.15, 0.2) is 47.6 Å².